The zero-order chi connectivity index (χ0) is 14.6. The van der Waals surface area contributed by atoms with Gasteiger partial charge in [0.2, 0.25) is 6.33 Å². The Kier molecular flexibility index (Phi) is 5.58. The van der Waals surface area contributed by atoms with E-state index in [-0.39, 0.29) is 5.54 Å². The number of nitrogens with zero attached hydrogens (tertiary/aromatic N) is 2. The molecule has 0 aliphatic heterocycles. The van der Waals surface area contributed by atoms with Crippen molar-refractivity contribution < 1.29 is 14.5 Å². The van der Waals surface area contributed by atoms with E-state index in [1.807, 2.05) is 0 Å². The smallest absolute Gasteiger partial charge is 0.243 e. The molecule has 4 nitrogen and oxygen atoms in total. The third kappa shape index (κ3) is 4.17. The average molecular weight is 254 g/mol. The van der Waals surface area contributed by atoms with Crippen LogP contribution in [0.2, 0.25) is 0 Å². The van der Waals surface area contributed by atoms with Crippen molar-refractivity contribution in [2.24, 2.45) is 12.5 Å². The highest BCUT2D eigenvalue weighted by atomic mass is 16.4. The molecule has 0 bridgehead atoms. The summed E-state index contributed by atoms with van der Waals surface area (Å²) in [5, 5.41) is 8.89. The molecule has 0 aliphatic carbocycles. The van der Waals surface area contributed by atoms with Gasteiger partial charge in [-0.2, -0.15) is 0 Å². The molecule has 0 amide bonds. The van der Waals surface area contributed by atoms with E-state index in [1.165, 1.54) is 6.42 Å². The molecule has 0 aliphatic rings. The molecular formula is C14H26N2O2. The largest absolute Gasteiger partial charge is 0.550 e. The van der Waals surface area contributed by atoms with Crippen LogP contribution in [-0.4, -0.2) is 10.5 Å². The molecule has 0 N–H and O–H groups in total. The molecule has 0 aromatic carbocycles. The number of hydrogen-bond donors (Lipinski definition) is 0. The van der Waals surface area contributed by atoms with Crippen molar-refractivity contribution in [3.05, 3.63) is 18.7 Å². The lowest BCUT2D eigenvalue weighted by molar-refractivity contribution is -0.772. The minimum Gasteiger partial charge on any atom is -0.550 e. The fraction of sp³-hybridized carbons (Fsp3) is 0.714. The molecule has 1 aromatic heterocycles. The van der Waals surface area contributed by atoms with Gasteiger partial charge in [-0.3, -0.25) is 0 Å². The van der Waals surface area contributed by atoms with E-state index in [1.54, 1.807) is 0 Å². The Bertz CT molecular complexity index is 388. The van der Waals surface area contributed by atoms with Crippen molar-refractivity contribution in [1.29, 1.82) is 0 Å². The average Bonchev–Trinajstić information content (AvgIpc) is 2.64. The van der Waals surface area contributed by atoms with Gasteiger partial charge in [-0.25, -0.2) is 9.13 Å². The third-order valence-electron chi connectivity index (χ3n) is 3.95. The minimum absolute atomic E-state index is 0.156. The molecule has 104 valence electrons. The molecule has 18 heavy (non-hydrogen) atoms. The molecule has 1 rings (SSSR count). The molecule has 0 atom stereocenters. The molecule has 0 unspecified atom stereocenters. The van der Waals surface area contributed by atoms with Gasteiger partial charge in [-0.1, -0.05) is 20.8 Å². The van der Waals surface area contributed by atoms with Crippen LogP contribution in [0, 0.1) is 5.41 Å². The second-order valence-electron chi connectivity index (χ2n) is 5.77. The maximum atomic E-state index is 8.89. The summed E-state index contributed by atoms with van der Waals surface area (Å²) in [4.78, 5) is 8.89. The maximum absolute atomic E-state index is 8.89. The first-order valence-electron chi connectivity index (χ1n) is 6.26. The van der Waals surface area contributed by atoms with E-state index in [4.69, 9.17) is 9.90 Å². The molecule has 0 fully saturated rings. The number of hydrogen-bond acceptors (Lipinski definition) is 2. The second kappa shape index (κ2) is 6.03. The van der Waals surface area contributed by atoms with Crippen LogP contribution in [-0.2, 0) is 17.4 Å². The lowest BCUT2D eigenvalue weighted by Gasteiger charge is -2.38. The quantitative estimate of drug-likeness (QED) is 0.762. The Morgan fingerprint density at radius 2 is 1.78 bits per heavy atom. The topological polar surface area (TPSA) is 48.9 Å². The highest BCUT2D eigenvalue weighted by Crippen LogP contribution is 2.35. The predicted molar refractivity (Wildman–Crippen MR) is 69.7 cm³/mol. The zero-order valence-electron chi connectivity index (χ0n) is 12.7. The van der Waals surface area contributed by atoms with Crippen molar-refractivity contribution in [3.8, 4) is 0 Å². The van der Waals surface area contributed by atoms with Gasteiger partial charge in [0.25, 0.3) is 0 Å². The van der Waals surface area contributed by atoms with Crippen molar-refractivity contribution in [3.63, 3.8) is 0 Å². The van der Waals surface area contributed by atoms with Gasteiger partial charge in [0.05, 0.1) is 7.05 Å². The third-order valence-corrected chi connectivity index (χ3v) is 3.95. The summed E-state index contributed by atoms with van der Waals surface area (Å²) < 4.78 is 4.39. The number of rotatable bonds is 3. The molecule has 0 radical (unpaired) electrons. The van der Waals surface area contributed by atoms with Crippen molar-refractivity contribution in [1.82, 2.24) is 4.57 Å². The number of carbonyl (C=O) groups excluding carboxylic acids is 1. The van der Waals surface area contributed by atoms with Gasteiger partial charge in [0.15, 0.2) is 0 Å². The number of carboxylic acids is 1. The van der Waals surface area contributed by atoms with E-state index >= 15 is 0 Å². The summed E-state index contributed by atoms with van der Waals surface area (Å²) in [6.45, 7) is 12.5. The standard InChI is InChI=1S/C12H23N2.C2H4O2/c1-7-11(2,3)12(4,5)14-9-8-13(6)10-14;1-2(3)4/h8-10H,7H2,1-6H3;1H3,(H,3,4)/q+1;/p-1. The van der Waals surface area contributed by atoms with Crippen LogP contribution >= 0.6 is 0 Å². The summed E-state index contributed by atoms with van der Waals surface area (Å²) in [6, 6.07) is 0. The molecule has 0 saturated carbocycles. The first-order valence-corrected chi connectivity index (χ1v) is 6.26. The summed E-state index contributed by atoms with van der Waals surface area (Å²) in [7, 11) is 2.06. The van der Waals surface area contributed by atoms with Crippen LogP contribution in [0.1, 0.15) is 48.0 Å². The fourth-order valence-electron chi connectivity index (χ4n) is 1.56. The summed E-state index contributed by atoms with van der Waals surface area (Å²) >= 11 is 0. The summed E-state index contributed by atoms with van der Waals surface area (Å²) in [5.41, 5.74) is 0.460. The number of aromatic nitrogens is 2. The van der Waals surface area contributed by atoms with Gasteiger partial charge < -0.3 is 9.90 Å². The Balaban J connectivity index is 0.000000631. The first-order chi connectivity index (χ1) is 8.04. The van der Waals surface area contributed by atoms with E-state index in [0.29, 0.717) is 5.41 Å². The van der Waals surface area contributed by atoms with Crippen molar-refractivity contribution in [2.75, 3.05) is 0 Å². The Morgan fingerprint density at radius 3 is 2.06 bits per heavy atom. The number of carboxylic acid groups (broad SMARTS) is 1. The van der Waals surface area contributed by atoms with Gasteiger partial charge in [-0.05, 0) is 27.2 Å². The molecule has 4 heteroatoms. The lowest BCUT2D eigenvalue weighted by Crippen LogP contribution is -2.59. The predicted octanol–water partition coefficient (Wildman–Crippen LogP) is 1.24. The molecular weight excluding hydrogens is 228 g/mol. The highest BCUT2D eigenvalue weighted by molar-refractivity contribution is 5.60. The van der Waals surface area contributed by atoms with Crippen LogP contribution in [0.4, 0.5) is 0 Å². The Hall–Kier alpha value is -1.32. The second-order valence-corrected chi connectivity index (χ2v) is 5.77. The van der Waals surface area contributed by atoms with E-state index in [0.717, 1.165) is 6.92 Å². The van der Waals surface area contributed by atoms with Gasteiger partial charge in [0.1, 0.15) is 17.9 Å². The SMILES string of the molecule is CC(=O)[O-].CCC(C)(C)C(C)(C)[n+]1ccn(C)c1. The molecule has 1 aromatic rings. The summed E-state index contributed by atoms with van der Waals surface area (Å²) in [6.07, 6.45) is 7.57. The number of aryl methyl sites for hydroxylation is 1. The molecule has 1 heterocycles. The number of imidazole rings is 1. The van der Waals surface area contributed by atoms with Crippen molar-refractivity contribution in [2.45, 2.75) is 53.5 Å². The van der Waals surface area contributed by atoms with Crippen LogP contribution in [0.3, 0.4) is 0 Å². The van der Waals surface area contributed by atoms with Crippen LogP contribution in [0.15, 0.2) is 18.7 Å². The normalized spacial score (nSPS) is 11.7. The molecule has 0 spiro atoms. The van der Waals surface area contributed by atoms with Gasteiger partial charge >= 0.3 is 0 Å². The first kappa shape index (κ1) is 16.7. The number of carbonyl (C=O) groups is 1. The van der Waals surface area contributed by atoms with E-state index in [9.17, 15) is 0 Å². The van der Waals surface area contributed by atoms with Crippen LogP contribution in [0.25, 0.3) is 0 Å². The van der Waals surface area contributed by atoms with E-state index < -0.39 is 5.97 Å². The monoisotopic (exact) mass is 254 g/mol. The van der Waals surface area contributed by atoms with Gasteiger partial charge in [0, 0.05) is 11.4 Å². The minimum atomic E-state index is -1.08. The fourth-order valence-corrected chi connectivity index (χ4v) is 1.56. The van der Waals surface area contributed by atoms with E-state index in [2.05, 4.69) is 69.5 Å². The Morgan fingerprint density at radius 1 is 1.33 bits per heavy atom. The van der Waals surface area contributed by atoms with Crippen molar-refractivity contribution >= 4 is 5.97 Å². The Labute approximate surface area is 110 Å². The van der Waals surface area contributed by atoms with Gasteiger partial charge in [-0.15, -0.1) is 0 Å². The molecule has 0 saturated heterocycles. The summed E-state index contributed by atoms with van der Waals surface area (Å²) in [5.74, 6) is -1.08. The lowest BCUT2D eigenvalue weighted by atomic mass is 9.72. The maximum Gasteiger partial charge on any atom is 0.243 e. The number of aliphatic carboxylic acids is 1. The highest BCUT2D eigenvalue weighted by Gasteiger charge is 2.40. The van der Waals surface area contributed by atoms with Crippen LogP contribution < -0.4 is 9.67 Å². The zero-order valence-corrected chi connectivity index (χ0v) is 12.7. The van der Waals surface area contributed by atoms with Crippen LogP contribution in [0.5, 0.6) is 0 Å².